The van der Waals surface area contributed by atoms with Crippen LogP contribution in [0.15, 0.2) is 77.2 Å². The molecule has 52 heavy (non-hydrogen) atoms. The maximum Gasteiger partial charge on any atom is 0.257 e. The molecule has 5 aromatic carbocycles. The molecule has 0 fully saturated rings. The highest BCUT2D eigenvalue weighted by molar-refractivity contribution is 7.01. The maximum absolute atomic E-state index is 7.05. The lowest BCUT2D eigenvalue weighted by Gasteiger charge is -2.44. The molecular formula is C46H47BN2O3. The van der Waals surface area contributed by atoms with Gasteiger partial charge >= 0.3 is 0 Å². The number of hydrogen-bond donors (Lipinski definition) is 0. The minimum Gasteiger partial charge on any atom is -0.454 e. The van der Waals surface area contributed by atoms with Crippen molar-refractivity contribution in [2.24, 2.45) is 0 Å². The SMILES string of the molecule is Cc1cc2c3c(c1)N(c1c(C)cc(C(C)(C)C)cc1C)c1oc4ccccc4c1B3c1cc(C(C)(C)C)ccc1N2c1c(C)cc2c(c1C)OCO2. The average Bonchev–Trinajstić information content (AvgIpc) is 3.70. The fourth-order valence-electron chi connectivity index (χ4n) is 8.98. The number of rotatable bonds is 2. The third-order valence-electron chi connectivity index (χ3n) is 11.5. The molecule has 0 saturated heterocycles. The van der Waals surface area contributed by atoms with Crippen LogP contribution in [-0.2, 0) is 10.8 Å². The topological polar surface area (TPSA) is 38.1 Å². The maximum atomic E-state index is 7.05. The molecule has 1 aromatic heterocycles. The summed E-state index contributed by atoms with van der Waals surface area (Å²) >= 11 is 0. The molecule has 0 saturated carbocycles. The first-order chi connectivity index (χ1) is 24.6. The Kier molecular flexibility index (Phi) is 6.91. The third-order valence-corrected chi connectivity index (χ3v) is 11.5. The normalized spacial score (nSPS) is 14.6. The lowest BCUT2D eigenvalue weighted by atomic mass is 9.33. The van der Waals surface area contributed by atoms with Gasteiger partial charge in [-0.3, -0.25) is 4.90 Å². The molecule has 0 amide bonds. The predicted molar refractivity (Wildman–Crippen MR) is 217 cm³/mol. The number of para-hydroxylation sites is 1. The van der Waals surface area contributed by atoms with Crippen molar-refractivity contribution in [3.8, 4) is 11.5 Å². The lowest BCUT2D eigenvalue weighted by molar-refractivity contribution is 0.173. The van der Waals surface area contributed by atoms with E-state index in [4.69, 9.17) is 13.9 Å². The second kappa shape index (κ2) is 11.0. The van der Waals surface area contributed by atoms with Crippen molar-refractivity contribution >= 4 is 68.4 Å². The molecule has 0 atom stereocenters. The van der Waals surface area contributed by atoms with E-state index in [1.54, 1.807) is 0 Å². The number of aryl methyl sites for hydroxylation is 4. The standard InChI is InChI=1S/C46H47BN2O3/c1-25-18-35-40-36(19-25)49(41-26(2)20-31(21-27(41)3)46(9,10)11)44-39(32-14-12-13-15-37(32)52-44)47(40)33-23-30(45(6,7)8)16-17-34(33)48(35)42-28(4)22-38-43(29(42)5)51-24-50-38/h12-23H,24H2,1-11H3. The molecule has 5 nitrogen and oxygen atoms in total. The Morgan fingerprint density at radius 2 is 1.27 bits per heavy atom. The van der Waals surface area contributed by atoms with Crippen LogP contribution >= 0.6 is 0 Å². The van der Waals surface area contributed by atoms with E-state index in [9.17, 15) is 0 Å². The number of ether oxygens (including phenoxy) is 2. The van der Waals surface area contributed by atoms with Crippen molar-refractivity contribution < 1.29 is 13.9 Å². The summed E-state index contributed by atoms with van der Waals surface area (Å²) in [5, 5.41) is 1.15. The summed E-state index contributed by atoms with van der Waals surface area (Å²) in [6.45, 7) is 25.1. The van der Waals surface area contributed by atoms with Gasteiger partial charge in [0.05, 0.1) is 11.4 Å². The minimum atomic E-state index is -0.0434. The third kappa shape index (κ3) is 4.62. The Balaban J connectivity index is 1.43. The highest BCUT2D eigenvalue weighted by Gasteiger charge is 2.47. The fraction of sp³-hybridized carbons (Fsp3) is 0.304. The molecule has 9 rings (SSSR count). The Morgan fingerprint density at radius 1 is 0.615 bits per heavy atom. The van der Waals surface area contributed by atoms with Crippen molar-refractivity contribution in [1.29, 1.82) is 0 Å². The molecule has 0 spiro atoms. The second-order valence-corrected chi connectivity index (χ2v) is 17.3. The molecular weight excluding hydrogens is 639 g/mol. The summed E-state index contributed by atoms with van der Waals surface area (Å²) in [5.41, 5.74) is 19.1. The zero-order valence-corrected chi connectivity index (χ0v) is 32.3. The molecule has 0 unspecified atom stereocenters. The van der Waals surface area contributed by atoms with Crippen LogP contribution in [-0.4, -0.2) is 13.5 Å². The van der Waals surface area contributed by atoms with Crippen LogP contribution in [0, 0.1) is 34.6 Å². The fourth-order valence-corrected chi connectivity index (χ4v) is 8.98. The highest BCUT2D eigenvalue weighted by atomic mass is 16.7. The first kappa shape index (κ1) is 32.8. The molecule has 4 heterocycles. The summed E-state index contributed by atoms with van der Waals surface area (Å²) in [5.74, 6) is 2.54. The summed E-state index contributed by atoms with van der Waals surface area (Å²) in [6, 6.07) is 27.3. The van der Waals surface area contributed by atoms with Crippen LogP contribution in [0.3, 0.4) is 0 Å². The van der Waals surface area contributed by atoms with Crippen LogP contribution in [0.4, 0.5) is 34.3 Å². The Bertz CT molecular complexity index is 2470. The summed E-state index contributed by atoms with van der Waals surface area (Å²) in [7, 11) is 0. The Morgan fingerprint density at radius 3 is 1.96 bits per heavy atom. The average molecular weight is 687 g/mol. The summed E-state index contributed by atoms with van der Waals surface area (Å²) < 4.78 is 19.1. The molecule has 0 bridgehead atoms. The van der Waals surface area contributed by atoms with Crippen molar-refractivity contribution in [2.75, 3.05) is 16.6 Å². The van der Waals surface area contributed by atoms with Gasteiger partial charge in [-0.1, -0.05) is 84.0 Å². The van der Waals surface area contributed by atoms with Gasteiger partial charge in [-0.15, -0.1) is 0 Å². The Labute approximate surface area is 308 Å². The molecule has 262 valence electrons. The molecule has 0 radical (unpaired) electrons. The summed E-state index contributed by atoms with van der Waals surface area (Å²) in [6.07, 6.45) is 0. The van der Waals surface area contributed by atoms with E-state index in [1.165, 1.54) is 61.3 Å². The van der Waals surface area contributed by atoms with Crippen molar-refractivity contribution in [3.05, 3.63) is 112 Å². The quantitative estimate of drug-likeness (QED) is 0.169. The molecule has 6 heteroatoms. The highest BCUT2D eigenvalue weighted by Crippen LogP contribution is 2.51. The van der Waals surface area contributed by atoms with Crippen LogP contribution < -0.4 is 35.7 Å². The zero-order valence-electron chi connectivity index (χ0n) is 32.3. The van der Waals surface area contributed by atoms with E-state index in [-0.39, 0.29) is 24.3 Å². The van der Waals surface area contributed by atoms with E-state index in [1.807, 2.05) is 0 Å². The molecule has 0 aliphatic carbocycles. The van der Waals surface area contributed by atoms with Gasteiger partial charge in [0.2, 0.25) is 12.7 Å². The van der Waals surface area contributed by atoms with E-state index >= 15 is 0 Å². The number of nitrogens with zero attached hydrogens (tertiary/aromatic N) is 2. The second-order valence-electron chi connectivity index (χ2n) is 17.3. The Hall–Kier alpha value is -5.10. The minimum absolute atomic E-state index is 0.0311. The van der Waals surface area contributed by atoms with Gasteiger partial charge in [0.15, 0.2) is 11.5 Å². The van der Waals surface area contributed by atoms with Gasteiger partial charge in [0, 0.05) is 33.5 Å². The van der Waals surface area contributed by atoms with Gasteiger partial charge in [0.1, 0.15) is 5.58 Å². The van der Waals surface area contributed by atoms with Crippen molar-refractivity contribution in [3.63, 3.8) is 0 Å². The first-order valence-electron chi connectivity index (χ1n) is 18.6. The number of benzene rings is 5. The van der Waals surface area contributed by atoms with E-state index in [2.05, 4.69) is 159 Å². The first-order valence-corrected chi connectivity index (χ1v) is 18.6. The van der Waals surface area contributed by atoms with Crippen LogP contribution in [0.5, 0.6) is 11.5 Å². The number of furan rings is 1. The zero-order chi connectivity index (χ0) is 36.6. The predicted octanol–water partition coefficient (Wildman–Crippen LogP) is 10.4. The van der Waals surface area contributed by atoms with Gasteiger partial charge in [-0.2, -0.15) is 0 Å². The summed E-state index contributed by atoms with van der Waals surface area (Å²) in [4.78, 5) is 4.94. The number of fused-ring (bicyclic) bond motifs is 7. The molecule has 6 aromatic rings. The van der Waals surface area contributed by atoms with Gasteiger partial charge in [-0.25, -0.2) is 0 Å². The van der Waals surface area contributed by atoms with Crippen LogP contribution in [0.25, 0.3) is 11.0 Å². The van der Waals surface area contributed by atoms with Gasteiger partial charge < -0.3 is 18.8 Å². The van der Waals surface area contributed by atoms with Crippen molar-refractivity contribution in [2.45, 2.75) is 87.0 Å². The largest absolute Gasteiger partial charge is 0.454 e. The van der Waals surface area contributed by atoms with Crippen LogP contribution in [0.2, 0.25) is 0 Å². The molecule has 0 N–H and O–H groups in total. The monoisotopic (exact) mass is 686 g/mol. The smallest absolute Gasteiger partial charge is 0.257 e. The van der Waals surface area contributed by atoms with Gasteiger partial charge in [-0.05, 0) is 120 Å². The molecule has 3 aliphatic rings. The lowest BCUT2D eigenvalue weighted by Crippen LogP contribution is -2.61. The van der Waals surface area contributed by atoms with E-state index < -0.39 is 0 Å². The van der Waals surface area contributed by atoms with Crippen LogP contribution in [0.1, 0.15) is 80.5 Å². The number of anilines is 6. The van der Waals surface area contributed by atoms with Gasteiger partial charge in [0.25, 0.3) is 6.71 Å². The van der Waals surface area contributed by atoms with Crippen molar-refractivity contribution in [1.82, 2.24) is 0 Å². The van der Waals surface area contributed by atoms with E-state index in [0.717, 1.165) is 50.9 Å². The van der Waals surface area contributed by atoms with E-state index in [0.29, 0.717) is 0 Å². The molecule has 3 aliphatic heterocycles. The number of hydrogen-bond acceptors (Lipinski definition) is 5.